The van der Waals surface area contributed by atoms with E-state index in [0.717, 1.165) is 19.5 Å². The molecule has 0 radical (unpaired) electrons. The topological polar surface area (TPSA) is 108 Å². The highest BCUT2D eigenvalue weighted by Gasteiger charge is 2.19. The van der Waals surface area contributed by atoms with E-state index in [0.29, 0.717) is 12.8 Å². The lowest BCUT2D eigenvalue weighted by Crippen LogP contribution is -2.41. The van der Waals surface area contributed by atoms with Gasteiger partial charge in [-0.2, -0.15) is 0 Å². The highest BCUT2D eigenvalue weighted by Crippen LogP contribution is 2.22. The monoisotopic (exact) mass is 446 g/mol. The zero-order valence-electron chi connectivity index (χ0n) is 16.6. The molecule has 0 aliphatic rings. The summed E-state index contributed by atoms with van der Waals surface area (Å²) in [5.74, 6) is -0.924. The van der Waals surface area contributed by atoms with E-state index >= 15 is 0 Å². The van der Waals surface area contributed by atoms with Gasteiger partial charge in [0.1, 0.15) is 0 Å². The first kappa shape index (κ1) is 21.9. The van der Waals surface area contributed by atoms with E-state index < -0.39 is 15.9 Å². The number of hydrogen-bond acceptors (Lipinski definition) is 6. The number of amides is 2. The predicted molar refractivity (Wildman–Crippen MR) is 115 cm³/mol. The summed E-state index contributed by atoms with van der Waals surface area (Å²) >= 11 is 1.60. The molecule has 2 amide bonds. The Labute approximate surface area is 178 Å². The summed E-state index contributed by atoms with van der Waals surface area (Å²) in [4.78, 5) is 28.8. The van der Waals surface area contributed by atoms with Gasteiger partial charge in [0.05, 0.1) is 20.1 Å². The van der Waals surface area contributed by atoms with Gasteiger partial charge in [0, 0.05) is 26.1 Å². The van der Waals surface area contributed by atoms with E-state index in [1.54, 1.807) is 11.3 Å². The summed E-state index contributed by atoms with van der Waals surface area (Å²) in [6.07, 6.45) is 1.49. The molecule has 0 saturated heterocycles. The van der Waals surface area contributed by atoms with Crippen molar-refractivity contribution in [3.8, 4) is 0 Å². The van der Waals surface area contributed by atoms with Crippen molar-refractivity contribution in [2.24, 2.45) is 0 Å². The molecule has 158 valence electrons. The Morgan fingerprint density at radius 1 is 1.07 bits per heavy atom. The average molecular weight is 447 g/mol. The molecule has 0 bridgehead atoms. The lowest BCUT2D eigenvalue weighted by molar-refractivity contribution is -0.121. The van der Waals surface area contributed by atoms with E-state index in [2.05, 4.69) is 15.8 Å². The summed E-state index contributed by atoms with van der Waals surface area (Å²) in [7, 11) is -0.825. The molecule has 2 aromatic carbocycles. The van der Waals surface area contributed by atoms with Crippen LogP contribution in [0.2, 0.25) is 0 Å². The highest BCUT2D eigenvalue weighted by molar-refractivity contribution is 7.89. The minimum Gasteiger partial charge on any atom is -0.273 e. The van der Waals surface area contributed by atoms with Crippen LogP contribution in [0.4, 0.5) is 0 Å². The molecule has 0 aliphatic carbocycles. The van der Waals surface area contributed by atoms with Crippen LogP contribution >= 0.6 is 11.3 Å². The first-order valence-electron chi connectivity index (χ1n) is 9.23. The third-order valence-corrected chi connectivity index (χ3v) is 7.23. The van der Waals surface area contributed by atoms with E-state index in [4.69, 9.17) is 0 Å². The quantitative estimate of drug-likeness (QED) is 0.542. The van der Waals surface area contributed by atoms with Gasteiger partial charge in [-0.3, -0.25) is 20.4 Å². The number of nitrogens with zero attached hydrogens (tertiary/aromatic N) is 2. The van der Waals surface area contributed by atoms with Gasteiger partial charge in [0.25, 0.3) is 5.91 Å². The fourth-order valence-corrected chi connectivity index (χ4v) is 4.65. The van der Waals surface area contributed by atoms with Crippen molar-refractivity contribution in [1.82, 2.24) is 20.1 Å². The lowest BCUT2D eigenvalue weighted by Gasteiger charge is -2.12. The second kappa shape index (κ2) is 9.33. The third kappa shape index (κ3) is 5.21. The highest BCUT2D eigenvalue weighted by atomic mass is 32.2. The zero-order valence-corrected chi connectivity index (χ0v) is 18.2. The number of carbonyl (C=O) groups excluding carboxylic acids is 2. The van der Waals surface area contributed by atoms with E-state index in [9.17, 15) is 18.0 Å². The molecule has 0 saturated carbocycles. The summed E-state index contributed by atoms with van der Waals surface area (Å²) < 4.78 is 26.6. The molecule has 1 heterocycles. The molecular weight excluding hydrogens is 424 g/mol. The molecule has 0 fully saturated rings. The second-order valence-electron chi connectivity index (χ2n) is 6.75. The Morgan fingerprint density at radius 3 is 2.57 bits per heavy atom. The molecule has 2 N–H and O–H groups in total. The Morgan fingerprint density at radius 2 is 1.83 bits per heavy atom. The zero-order chi connectivity index (χ0) is 21.7. The van der Waals surface area contributed by atoms with Crippen LogP contribution in [-0.4, -0.2) is 43.6 Å². The van der Waals surface area contributed by atoms with Gasteiger partial charge in [-0.15, -0.1) is 11.3 Å². The van der Waals surface area contributed by atoms with Crippen LogP contribution in [0, 0.1) is 0 Å². The maximum absolute atomic E-state index is 12.3. The molecule has 0 spiro atoms. The fraction of sp³-hybridized carbons (Fsp3) is 0.250. The van der Waals surface area contributed by atoms with Crippen molar-refractivity contribution in [2.75, 3.05) is 14.1 Å². The van der Waals surface area contributed by atoms with Gasteiger partial charge in [0.2, 0.25) is 15.9 Å². The van der Waals surface area contributed by atoms with Crippen LogP contribution in [0.1, 0.15) is 28.2 Å². The number of aromatic nitrogens is 1. The number of benzene rings is 2. The van der Waals surface area contributed by atoms with Gasteiger partial charge in [0.15, 0.2) is 0 Å². The van der Waals surface area contributed by atoms with E-state index in [-0.39, 0.29) is 22.8 Å². The van der Waals surface area contributed by atoms with Gasteiger partial charge < -0.3 is 0 Å². The molecule has 10 heteroatoms. The van der Waals surface area contributed by atoms with Crippen LogP contribution < -0.4 is 10.9 Å². The standard InChI is InChI=1S/C20H22N4O4S2/c1-24(2)30(27,28)15-8-5-7-14(13-15)20(26)23-22-18(25)11-6-12-19-21-16-9-3-4-10-17(16)29-19/h3-5,7-10,13H,6,11-12H2,1-2H3,(H,22,25)(H,23,26). The number of aryl methyl sites for hydroxylation is 1. The minimum atomic E-state index is -3.65. The smallest absolute Gasteiger partial charge is 0.269 e. The van der Waals surface area contributed by atoms with Gasteiger partial charge >= 0.3 is 0 Å². The summed E-state index contributed by atoms with van der Waals surface area (Å²) in [6, 6.07) is 13.5. The van der Waals surface area contributed by atoms with Crippen molar-refractivity contribution in [1.29, 1.82) is 0 Å². The molecule has 0 aliphatic heterocycles. The molecule has 8 nitrogen and oxygen atoms in total. The van der Waals surface area contributed by atoms with Gasteiger partial charge in [-0.25, -0.2) is 17.7 Å². The number of fused-ring (bicyclic) bond motifs is 1. The molecule has 1 aromatic heterocycles. The number of carbonyl (C=O) groups is 2. The van der Waals surface area contributed by atoms with Crippen molar-refractivity contribution in [3.05, 3.63) is 59.1 Å². The molecular formula is C20H22N4O4S2. The summed E-state index contributed by atoms with van der Waals surface area (Å²) in [6.45, 7) is 0. The minimum absolute atomic E-state index is 0.00214. The van der Waals surface area contributed by atoms with Gasteiger partial charge in [-0.1, -0.05) is 18.2 Å². The average Bonchev–Trinajstić information content (AvgIpc) is 3.14. The summed E-state index contributed by atoms with van der Waals surface area (Å²) in [5, 5.41) is 0.965. The molecule has 0 unspecified atom stereocenters. The first-order chi connectivity index (χ1) is 14.3. The van der Waals surface area contributed by atoms with E-state index in [1.165, 1.54) is 38.4 Å². The van der Waals surface area contributed by atoms with Crippen molar-refractivity contribution in [2.45, 2.75) is 24.2 Å². The number of thiazole rings is 1. The van der Waals surface area contributed by atoms with Crippen LogP contribution in [0.3, 0.4) is 0 Å². The number of sulfonamides is 1. The normalized spacial score (nSPS) is 11.6. The number of rotatable bonds is 7. The molecule has 30 heavy (non-hydrogen) atoms. The molecule has 3 aromatic rings. The number of hydrazine groups is 1. The van der Waals surface area contributed by atoms with E-state index in [1.807, 2.05) is 24.3 Å². The second-order valence-corrected chi connectivity index (χ2v) is 10.0. The Bertz CT molecular complexity index is 1140. The number of para-hydroxylation sites is 1. The van der Waals surface area contributed by atoms with Crippen LogP contribution in [0.15, 0.2) is 53.4 Å². The van der Waals surface area contributed by atoms with Crippen LogP contribution in [-0.2, 0) is 21.2 Å². The van der Waals surface area contributed by atoms with Crippen molar-refractivity contribution in [3.63, 3.8) is 0 Å². The van der Waals surface area contributed by atoms with Gasteiger partial charge in [-0.05, 0) is 43.2 Å². The summed E-state index contributed by atoms with van der Waals surface area (Å²) in [5.41, 5.74) is 5.76. The predicted octanol–water partition coefficient (Wildman–Crippen LogP) is 2.33. The van der Waals surface area contributed by atoms with Crippen LogP contribution in [0.25, 0.3) is 10.2 Å². The fourth-order valence-electron chi connectivity index (χ4n) is 2.70. The molecule has 0 atom stereocenters. The largest absolute Gasteiger partial charge is 0.273 e. The van der Waals surface area contributed by atoms with Crippen molar-refractivity contribution >= 4 is 43.4 Å². The molecule has 3 rings (SSSR count). The Balaban J connectivity index is 1.49. The number of nitrogens with one attached hydrogen (secondary N) is 2. The SMILES string of the molecule is CN(C)S(=O)(=O)c1cccc(C(=O)NNC(=O)CCCc2nc3ccccc3s2)c1. The first-order valence-corrected chi connectivity index (χ1v) is 11.5. The number of hydrogen-bond donors (Lipinski definition) is 2. The Hall–Kier alpha value is -2.82. The third-order valence-electron chi connectivity index (χ3n) is 4.32. The van der Waals surface area contributed by atoms with Crippen LogP contribution in [0.5, 0.6) is 0 Å². The maximum atomic E-state index is 12.3. The lowest BCUT2D eigenvalue weighted by atomic mass is 10.2. The Kier molecular flexibility index (Phi) is 6.80. The maximum Gasteiger partial charge on any atom is 0.269 e. The van der Waals surface area contributed by atoms with Crippen molar-refractivity contribution < 1.29 is 18.0 Å².